The Morgan fingerprint density at radius 2 is 1.95 bits per heavy atom. The lowest BCUT2D eigenvalue weighted by Gasteiger charge is -2.13. The predicted octanol–water partition coefficient (Wildman–Crippen LogP) is 3.31. The molecule has 1 atom stereocenters. The third-order valence-electron chi connectivity index (χ3n) is 2.75. The number of aromatic nitrogens is 2. The van der Waals surface area contributed by atoms with Crippen LogP contribution in [0.3, 0.4) is 0 Å². The van der Waals surface area contributed by atoms with Crippen LogP contribution in [0.5, 0.6) is 0 Å². The molecule has 5 nitrogen and oxygen atoms in total. The normalized spacial score (nSPS) is 12.8. The van der Waals surface area contributed by atoms with Crippen molar-refractivity contribution in [2.45, 2.75) is 19.1 Å². The van der Waals surface area contributed by atoms with Crippen molar-refractivity contribution in [3.63, 3.8) is 0 Å². The molecule has 0 aliphatic heterocycles. The smallest absolute Gasteiger partial charge is 0.347 e. The second kappa shape index (κ2) is 5.86. The second-order valence-corrected chi connectivity index (χ2v) is 4.37. The molecule has 1 aromatic carbocycles. The Morgan fingerprint density at radius 3 is 2.48 bits per heavy atom. The van der Waals surface area contributed by atoms with Crippen molar-refractivity contribution in [1.82, 2.24) is 15.3 Å². The van der Waals surface area contributed by atoms with Crippen LogP contribution in [-0.4, -0.2) is 16.0 Å². The van der Waals surface area contributed by atoms with Gasteiger partial charge < -0.3 is 15.6 Å². The molecule has 112 valence electrons. The largest absolute Gasteiger partial charge is 0.416 e. The molecule has 1 unspecified atom stereocenters. The number of alkyl halides is 3. The first-order chi connectivity index (χ1) is 9.86. The van der Waals surface area contributed by atoms with Crippen LogP contribution in [0.2, 0.25) is 0 Å². The summed E-state index contributed by atoms with van der Waals surface area (Å²) < 4.78 is 37.2. The number of H-pyrrole nitrogens is 1. The Balaban J connectivity index is 1.94. The van der Waals surface area contributed by atoms with Crippen molar-refractivity contribution in [2.75, 3.05) is 5.32 Å². The van der Waals surface area contributed by atoms with Gasteiger partial charge in [-0.2, -0.15) is 13.2 Å². The summed E-state index contributed by atoms with van der Waals surface area (Å²) in [6.07, 6.45) is -1.21. The van der Waals surface area contributed by atoms with Gasteiger partial charge in [0.2, 0.25) is 0 Å². The van der Waals surface area contributed by atoms with Crippen LogP contribution in [-0.2, 0) is 6.18 Å². The molecule has 21 heavy (non-hydrogen) atoms. The highest BCUT2D eigenvalue weighted by Gasteiger charge is 2.29. The summed E-state index contributed by atoms with van der Waals surface area (Å²) in [7, 11) is 0. The topological polar surface area (TPSA) is 69.8 Å². The maximum Gasteiger partial charge on any atom is 0.416 e. The summed E-state index contributed by atoms with van der Waals surface area (Å²) in [6, 6.07) is 3.32. The highest BCUT2D eigenvalue weighted by molar-refractivity contribution is 5.89. The fraction of sp³-hybridized carbons (Fsp3) is 0.231. The molecular weight excluding hydrogens is 285 g/mol. The lowest BCUT2D eigenvalue weighted by Crippen LogP contribution is -2.31. The maximum atomic E-state index is 12.4. The van der Waals surface area contributed by atoms with Gasteiger partial charge in [0, 0.05) is 18.1 Å². The Bertz CT molecular complexity index is 593. The summed E-state index contributed by atoms with van der Waals surface area (Å²) in [5.41, 5.74) is -0.496. The van der Waals surface area contributed by atoms with Gasteiger partial charge in [-0.05, 0) is 31.2 Å². The molecule has 0 saturated carbocycles. The first-order valence-corrected chi connectivity index (χ1v) is 6.10. The van der Waals surface area contributed by atoms with Crippen LogP contribution in [0.25, 0.3) is 0 Å². The number of benzene rings is 1. The second-order valence-electron chi connectivity index (χ2n) is 4.37. The molecule has 0 radical (unpaired) electrons. The van der Waals surface area contributed by atoms with Crippen LogP contribution in [0.15, 0.2) is 36.7 Å². The number of halogens is 3. The third-order valence-corrected chi connectivity index (χ3v) is 2.75. The number of hydrogen-bond donors (Lipinski definition) is 3. The zero-order valence-electron chi connectivity index (χ0n) is 11.0. The Kier molecular flexibility index (Phi) is 4.15. The number of rotatable bonds is 3. The van der Waals surface area contributed by atoms with E-state index in [-0.39, 0.29) is 11.7 Å². The van der Waals surface area contributed by atoms with E-state index < -0.39 is 17.8 Å². The molecule has 0 aliphatic carbocycles. The summed E-state index contributed by atoms with van der Waals surface area (Å²) >= 11 is 0. The van der Waals surface area contributed by atoms with E-state index in [2.05, 4.69) is 20.6 Å². The van der Waals surface area contributed by atoms with Crippen molar-refractivity contribution in [3.05, 3.63) is 48.0 Å². The standard InChI is InChI=1S/C13H13F3N4O/c1-8(11-17-6-7-18-11)19-12(21)20-10-4-2-9(3-5-10)13(14,15)16/h2-8H,1H3,(H,17,18)(H2,19,20,21). The Labute approximate surface area is 118 Å². The zero-order valence-corrected chi connectivity index (χ0v) is 11.0. The van der Waals surface area contributed by atoms with Crippen LogP contribution in [0, 0.1) is 0 Å². The van der Waals surface area contributed by atoms with Crippen molar-refractivity contribution >= 4 is 11.7 Å². The zero-order chi connectivity index (χ0) is 15.5. The van der Waals surface area contributed by atoms with Crippen LogP contribution < -0.4 is 10.6 Å². The van der Waals surface area contributed by atoms with E-state index in [4.69, 9.17) is 0 Å². The number of imidazole rings is 1. The fourth-order valence-corrected chi connectivity index (χ4v) is 1.69. The number of anilines is 1. The van der Waals surface area contributed by atoms with Crippen molar-refractivity contribution in [3.8, 4) is 0 Å². The SMILES string of the molecule is CC(NC(=O)Nc1ccc(C(F)(F)F)cc1)c1ncc[nH]1. The molecule has 2 amide bonds. The first-order valence-electron chi connectivity index (χ1n) is 6.10. The van der Waals surface area contributed by atoms with Gasteiger partial charge in [-0.15, -0.1) is 0 Å². The van der Waals surface area contributed by atoms with Gasteiger partial charge in [0.05, 0.1) is 11.6 Å². The Morgan fingerprint density at radius 1 is 1.29 bits per heavy atom. The van der Waals surface area contributed by atoms with Gasteiger partial charge >= 0.3 is 12.2 Å². The molecule has 0 aliphatic rings. The molecule has 2 rings (SSSR count). The highest BCUT2D eigenvalue weighted by atomic mass is 19.4. The number of urea groups is 1. The van der Waals surface area contributed by atoms with E-state index in [1.54, 1.807) is 19.3 Å². The minimum Gasteiger partial charge on any atom is -0.347 e. The number of amides is 2. The summed E-state index contributed by atoms with van der Waals surface area (Å²) in [5, 5.41) is 5.06. The number of carbonyl (C=O) groups excluding carboxylic acids is 1. The summed E-state index contributed by atoms with van der Waals surface area (Å²) in [6.45, 7) is 1.73. The van der Waals surface area contributed by atoms with Crippen molar-refractivity contribution in [1.29, 1.82) is 0 Å². The molecule has 3 N–H and O–H groups in total. The fourth-order valence-electron chi connectivity index (χ4n) is 1.69. The maximum absolute atomic E-state index is 12.4. The minimum atomic E-state index is -4.39. The number of nitrogens with zero attached hydrogens (tertiary/aromatic N) is 1. The van der Waals surface area contributed by atoms with E-state index in [0.29, 0.717) is 5.82 Å². The summed E-state index contributed by atoms with van der Waals surface area (Å²) in [4.78, 5) is 18.6. The molecule has 0 saturated heterocycles. The van der Waals surface area contributed by atoms with Gasteiger partial charge in [-0.3, -0.25) is 0 Å². The lowest BCUT2D eigenvalue weighted by molar-refractivity contribution is -0.137. The average molecular weight is 298 g/mol. The van der Waals surface area contributed by atoms with E-state index >= 15 is 0 Å². The van der Waals surface area contributed by atoms with Crippen LogP contribution >= 0.6 is 0 Å². The molecule has 2 aromatic rings. The van der Waals surface area contributed by atoms with Gasteiger partial charge in [0.15, 0.2) is 0 Å². The molecular formula is C13H13F3N4O. The molecule has 0 bridgehead atoms. The van der Waals surface area contributed by atoms with Gasteiger partial charge in [-0.1, -0.05) is 0 Å². The van der Waals surface area contributed by atoms with Gasteiger partial charge in [-0.25, -0.2) is 9.78 Å². The Hall–Kier alpha value is -2.51. The molecule has 8 heteroatoms. The number of hydrogen-bond acceptors (Lipinski definition) is 2. The van der Waals surface area contributed by atoms with E-state index in [1.807, 2.05) is 0 Å². The lowest BCUT2D eigenvalue weighted by atomic mass is 10.2. The molecule has 1 aromatic heterocycles. The average Bonchev–Trinajstić information content (AvgIpc) is 2.92. The van der Waals surface area contributed by atoms with E-state index in [1.165, 1.54) is 12.1 Å². The summed E-state index contributed by atoms with van der Waals surface area (Å²) in [5.74, 6) is 0.581. The van der Waals surface area contributed by atoms with Crippen molar-refractivity contribution < 1.29 is 18.0 Å². The quantitative estimate of drug-likeness (QED) is 0.813. The third kappa shape index (κ3) is 3.98. The van der Waals surface area contributed by atoms with Crippen LogP contribution in [0.4, 0.5) is 23.7 Å². The molecule has 1 heterocycles. The van der Waals surface area contributed by atoms with Crippen LogP contribution in [0.1, 0.15) is 24.4 Å². The molecule has 0 fully saturated rings. The first kappa shape index (κ1) is 14.9. The minimum absolute atomic E-state index is 0.271. The highest BCUT2D eigenvalue weighted by Crippen LogP contribution is 2.29. The number of nitrogens with one attached hydrogen (secondary N) is 3. The monoisotopic (exact) mass is 298 g/mol. The van der Waals surface area contributed by atoms with E-state index in [0.717, 1.165) is 12.1 Å². The van der Waals surface area contributed by atoms with Crippen molar-refractivity contribution in [2.24, 2.45) is 0 Å². The van der Waals surface area contributed by atoms with Gasteiger partial charge in [0.1, 0.15) is 5.82 Å². The number of carbonyl (C=O) groups is 1. The predicted molar refractivity (Wildman–Crippen MR) is 70.6 cm³/mol. The van der Waals surface area contributed by atoms with E-state index in [9.17, 15) is 18.0 Å². The number of aromatic amines is 1. The molecule has 0 spiro atoms. The van der Waals surface area contributed by atoms with Gasteiger partial charge in [0.25, 0.3) is 0 Å².